The zero-order valence-corrected chi connectivity index (χ0v) is 16.7. The Balaban J connectivity index is 1.63. The van der Waals surface area contributed by atoms with Crippen LogP contribution in [0, 0.1) is 5.92 Å². The van der Waals surface area contributed by atoms with Gasteiger partial charge in [-0.05, 0) is 42.9 Å². The molecule has 1 aromatic carbocycles. The second kappa shape index (κ2) is 12.5. The SMILES string of the molecule is CN=C(NCCCOCC1CCOCC1)N(C)Cc1ccc(OC(F)F)cc1. The number of guanidine groups is 1. The van der Waals surface area contributed by atoms with Crippen LogP contribution < -0.4 is 10.1 Å². The second-order valence-corrected chi connectivity index (χ2v) is 6.84. The van der Waals surface area contributed by atoms with Crippen LogP contribution in [0.4, 0.5) is 8.78 Å². The van der Waals surface area contributed by atoms with E-state index in [-0.39, 0.29) is 5.75 Å². The average molecular weight is 399 g/mol. The maximum atomic E-state index is 12.2. The summed E-state index contributed by atoms with van der Waals surface area (Å²) in [4.78, 5) is 6.26. The highest BCUT2D eigenvalue weighted by atomic mass is 19.3. The Morgan fingerprint density at radius 3 is 2.64 bits per heavy atom. The number of ether oxygens (including phenoxy) is 3. The summed E-state index contributed by atoms with van der Waals surface area (Å²) in [6, 6.07) is 6.62. The van der Waals surface area contributed by atoms with Crippen molar-refractivity contribution in [1.82, 2.24) is 10.2 Å². The third kappa shape index (κ3) is 8.39. The summed E-state index contributed by atoms with van der Waals surface area (Å²) < 4.78 is 39.9. The smallest absolute Gasteiger partial charge is 0.387 e. The fourth-order valence-corrected chi connectivity index (χ4v) is 3.05. The number of benzene rings is 1. The average Bonchev–Trinajstić information content (AvgIpc) is 2.69. The van der Waals surface area contributed by atoms with Crippen LogP contribution >= 0.6 is 0 Å². The molecule has 1 aliphatic heterocycles. The van der Waals surface area contributed by atoms with Gasteiger partial charge in [0.2, 0.25) is 0 Å². The van der Waals surface area contributed by atoms with Crippen molar-refractivity contribution in [2.75, 3.05) is 47.1 Å². The molecule has 1 aromatic rings. The van der Waals surface area contributed by atoms with E-state index in [1.165, 1.54) is 0 Å². The van der Waals surface area contributed by atoms with Gasteiger partial charge in [0, 0.05) is 53.6 Å². The largest absolute Gasteiger partial charge is 0.435 e. The molecule has 0 bridgehead atoms. The molecule has 1 aliphatic rings. The van der Waals surface area contributed by atoms with Crippen molar-refractivity contribution in [3.05, 3.63) is 29.8 Å². The maximum absolute atomic E-state index is 12.2. The molecule has 6 nitrogen and oxygen atoms in total. The molecule has 0 atom stereocenters. The quantitative estimate of drug-likeness (QED) is 0.372. The molecule has 158 valence electrons. The van der Waals surface area contributed by atoms with Crippen LogP contribution in [0.3, 0.4) is 0 Å². The van der Waals surface area contributed by atoms with Gasteiger partial charge in [0.05, 0.1) is 0 Å². The molecule has 0 amide bonds. The standard InChI is InChI=1S/C20H31F2N3O3/c1-23-20(24-10-3-11-27-15-17-8-12-26-13-9-17)25(2)14-16-4-6-18(7-5-16)28-19(21)22/h4-7,17,19H,3,8-15H2,1-2H3,(H,23,24). The number of aliphatic imine (C=N–C) groups is 1. The first-order valence-corrected chi connectivity index (χ1v) is 9.69. The summed E-state index contributed by atoms with van der Waals surface area (Å²) in [7, 11) is 3.67. The number of halogens is 2. The predicted octanol–water partition coefficient (Wildman–Crippen LogP) is 3.13. The fourth-order valence-electron chi connectivity index (χ4n) is 3.05. The van der Waals surface area contributed by atoms with Gasteiger partial charge >= 0.3 is 6.61 Å². The Labute approximate surface area is 165 Å². The van der Waals surface area contributed by atoms with Crippen LogP contribution in [-0.4, -0.2) is 64.5 Å². The Bertz CT molecular complexity index is 579. The second-order valence-electron chi connectivity index (χ2n) is 6.84. The van der Waals surface area contributed by atoms with E-state index >= 15 is 0 Å². The summed E-state index contributed by atoms with van der Waals surface area (Å²) in [6.07, 6.45) is 3.07. The Kier molecular flexibility index (Phi) is 9.99. The highest BCUT2D eigenvalue weighted by Crippen LogP contribution is 2.16. The normalized spacial score (nSPS) is 15.7. The van der Waals surface area contributed by atoms with Crippen LogP contribution in [0.15, 0.2) is 29.3 Å². The zero-order valence-electron chi connectivity index (χ0n) is 16.7. The minimum Gasteiger partial charge on any atom is -0.435 e. The van der Waals surface area contributed by atoms with Crippen molar-refractivity contribution in [2.45, 2.75) is 32.4 Å². The number of hydrogen-bond donors (Lipinski definition) is 1. The Morgan fingerprint density at radius 2 is 2.00 bits per heavy atom. The van der Waals surface area contributed by atoms with Gasteiger partial charge in [-0.3, -0.25) is 4.99 Å². The van der Waals surface area contributed by atoms with Gasteiger partial charge in [-0.1, -0.05) is 12.1 Å². The molecule has 0 aliphatic carbocycles. The third-order valence-corrected chi connectivity index (χ3v) is 4.58. The van der Waals surface area contributed by atoms with Gasteiger partial charge in [-0.15, -0.1) is 0 Å². The van der Waals surface area contributed by atoms with Gasteiger partial charge in [-0.25, -0.2) is 0 Å². The monoisotopic (exact) mass is 399 g/mol. The molecule has 0 aromatic heterocycles. The van der Waals surface area contributed by atoms with E-state index in [0.717, 1.165) is 63.8 Å². The van der Waals surface area contributed by atoms with Crippen molar-refractivity contribution in [1.29, 1.82) is 0 Å². The van der Waals surface area contributed by atoms with Crippen LogP contribution in [0.5, 0.6) is 5.75 Å². The summed E-state index contributed by atoms with van der Waals surface area (Å²) >= 11 is 0. The molecule has 0 spiro atoms. The highest BCUT2D eigenvalue weighted by Gasteiger charge is 2.13. The van der Waals surface area contributed by atoms with Gasteiger partial charge in [-0.2, -0.15) is 8.78 Å². The van der Waals surface area contributed by atoms with Crippen molar-refractivity contribution >= 4 is 5.96 Å². The van der Waals surface area contributed by atoms with Crippen LogP contribution in [0.1, 0.15) is 24.8 Å². The molecule has 1 fully saturated rings. The number of alkyl halides is 2. The molecular weight excluding hydrogens is 368 g/mol. The van der Waals surface area contributed by atoms with Crippen molar-refractivity contribution in [3.63, 3.8) is 0 Å². The molecule has 8 heteroatoms. The molecular formula is C20H31F2N3O3. The van der Waals surface area contributed by atoms with E-state index in [0.29, 0.717) is 12.5 Å². The first-order valence-electron chi connectivity index (χ1n) is 9.69. The minimum atomic E-state index is -2.81. The lowest BCUT2D eigenvalue weighted by atomic mass is 10.0. The van der Waals surface area contributed by atoms with Crippen LogP contribution in [0.25, 0.3) is 0 Å². The van der Waals surface area contributed by atoms with E-state index in [1.54, 1.807) is 31.3 Å². The van der Waals surface area contributed by atoms with E-state index in [9.17, 15) is 8.78 Å². The van der Waals surface area contributed by atoms with Gasteiger partial charge < -0.3 is 24.4 Å². The molecule has 0 radical (unpaired) electrons. The molecule has 1 heterocycles. The van der Waals surface area contributed by atoms with Crippen LogP contribution in [0.2, 0.25) is 0 Å². The van der Waals surface area contributed by atoms with Gasteiger partial charge in [0.1, 0.15) is 5.75 Å². The molecule has 28 heavy (non-hydrogen) atoms. The summed E-state index contributed by atoms with van der Waals surface area (Å²) in [5.41, 5.74) is 0.979. The van der Waals surface area contributed by atoms with Gasteiger partial charge in [0.25, 0.3) is 0 Å². The molecule has 1 N–H and O–H groups in total. The lowest BCUT2D eigenvalue weighted by Gasteiger charge is -2.23. The van der Waals surface area contributed by atoms with Crippen molar-refractivity contribution < 1.29 is 23.0 Å². The van der Waals surface area contributed by atoms with Crippen LogP contribution in [-0.2, 0) is 16.0 Å². The maximum Gasteiger partial charge on any atom is 0.387 e. The third-order valence-electron chi connectivity index (χ3n) is 4.58. The summed E-state index contributed by atoms with van der Waals surface area (Å²) in [6.45, 7) is 1.79. The first kappa shape index (κ1) is 22.4. The minimum absolute atomic E-state index is 0.157. The van der Waals surface area contributed by atoms with E-state index in [1.807, 2.05) is 11.9 Å². The summed E-state index contributed by atoms with van der Waals surface area (Å²) in [5.74, 6) is 1.56. The first-order chi connectivity index (χ1) is 13.6. The van der Waals surface area contributed by atoms with Crippen molar-refractivity contribution in [3.8, 4) is 5.75 Å². The zero-order chi connectivity index (χ0) is 20.2. The molecule has 0 unspecified atom stereocenters. The number of hydrogen-bond acceptors (Lipinski definition) is 4. The Hall–Kier alpha value is -1.93. The van der Waals surface area contributed by atoms with E-state index < -0.39 is 6.61 Å². The highest BCUT2D eigenvalue weighted by molar-refractivity contribution is 5.79. The molecule has 0 saturated carbocycles. The van der Waals surface area contributed by atoms with Gasteiger partial charge in [0.15, 0.2) is 5.96 Å². The van der Waals surface area contributed by atoms with Crippen molar-refractivity contribution in [2.24, 2.45) is 10.9 Å². The van der Waals surface area contributed by atoms with E-state index in [2.05, 4.69) is 15.0 Å². The van der Waals surface area contributed by atoms with E-state index in [4.69, 9.17) is 9.47 Å². The Morgan fingerprint density at radius 1 is 1.29 bits per heavy atom. The topological polar surface area (TPSA) is 55.3 Å². The number of nitrogens with zero attached hydrogens (tertiary/aromatic N) is 2. The lowest BCUT2D eigenvalue weighted by molar-refractivity contribution is -0.0498. The number of nitrogens with one attached hydrogen (secondary N) is 1. The summed E-state index contributed by atoms with van der Waals surface area (Å²) in [5, 5.41) is 3.32. The lowest BCUT2D eigenvalue weighted by Crippen LogP contribution is -2.39. The fraction of sp³-hybridized carbons (Fsp3) is 0.650. The predicted molar refractivity (Wildman–Crippen MR) is 105 cm³/mol. The molecule has 2 rings (SSSR count). The molecule has 1 saturated heterocycles. The number of rotatable bonds is 10.